The minimum absolute atomic E-state index is 0.0103. The summed E-state index contributed by atoms with van der Waals surface area (Å²) < 4.78 is 57.9. The lowest BCUT2D eigenvalue weighted by Gasteiger charge is -2.27. The van der Waals surface area contributed by atoms with E-state index in [2.05, 4.69) is 10.3 Å². The van der Waals surface area contributed by atoms with E-state index in [1.54, 1.807) is 17.7 Å². The molecule has 2 atom stereocenters. The molecular weight excluding hydrogens is 367 g/mol. The second-order valence-electron chi connectivity index (χ2n) is 7.22. The van der Waals surface area contributed by atoms with Gasteiger partial charge in [-0.3, -0.25) is 4.68 Å². The van der Waals surface area contributed by atoms with Crippen molar-refractivity contribution in [3.63, 3.8) is 0 Å². The molecule has 2 aromatic heterocycles. The summed E-state index contributed by atoms with van der Waals surface area (Å²) in [6.07, 6.45) is -3.37. The van der Waals surface area contributed by atoms with E-state index in [1.807, 2.05) is 0 Å². The minimum atomic E-state index is -4.87. The molecule has 7 nitrogen and oxygen atoms in total. The molecule has 0 unspecified atom stereocenters. The highest BCUT2D eigenvalue weighted by Gasteiger charge is 2.55. The molecule has 1 fully saturated rings. The van der Waals surface area contributed by atoms with Crippen LogP contribution in [0.4, 0.5) is 13.2 Å². The maximum atomic E-state index is 13.3. The topological polar surface area (TPSA) is 82.5 Å². The first-order valence-electron chi connectivity index (χ1n) is 8.80. The van der Waals surface area contributed by atoms with E-state index in [1.165, 1.54) is 0 Å². The number of aromatic nitrogens is 3. The van der Waals surface area contributed by atoms with Gasteiger partial charge in [-0.2, -0.15) is 13.2 Å². The minimum Gasteiger partial charge on any atom is -0.473 e. The number of rotatable bonds is 3. The van der Waals surface area contributed by atoms with Crippen molar-refractivity contribution in [2.75, 3.05) is 13.2 Å². The summed E-state index contributed by atoms with van der Waals surface area (Å²) in [7, 11) is 0. The summed E-state index contributed by atoms with van der Waals surface area (Å²) in [5.74, 6) is 0.207. The summed E-state index contributed by atoms with van der Waals surface area (Å²) in [5, 5.41) is 18.0. The zero-order valence-corrected chi connectivity index (χ0v) is 14.9. The number of nitrogens with zero attached hydrogens (tertiary/aromatic N) is 3. The third-order valence-electron chi connectivity index (χ3n) is 5.13. The number of fused-ring (bicyclic) bond motifs is 3. The van der Waals surface area contributed by atoms with Gasteiger partial charge in [0.15, 0.2) is 5.76 Å². The Balaban J connectivity index is 1.69. The van der Waals surface area contributed by atoms with Gasteiger partial charge in [0, 0.05) is 36.9 Å². The zero-order chi connectivity index (χ0) is 19.4. The molecule has 4 rings (SSSR count). The van der Waals surface area contributed by atoms with E-state index in [0.717, 1.165) is 12.8 Å². The van der Waals surface area contributed by atoms with E-state index in [0.29, 0.717) is 38.3 Å². The van der Waals surface area contributed by atoms with E-state index < -0.39 is 17.5 Å². The number of alkyl halides is 3. The third-order valence-corrected chi connectivity index (χ3v) is 5.13. The Kier molecular flexibility index (Phi) is 4.22. The van der Waals surface area contributed by atoms with Gasteiger partial charge in [0.2, 0.25) is 11.5 Å². The van der Waals surface area contributed by atoms with Crippen LogP contribution in [0.15, 0.2) is 10.6 Å². The maximum Gasteiger partial charge on any atom is 0.422 e. The lowest BCUT2D eigenvalue weighted by molar-refractivity contribution is -0.261. The SMILES string of the molecule is C[C@H]1Cn2nc(OC3CCOCC3)cc2-c2onc([C@@](C)(O)C(F)(F)F)c21. The molecule has 0 saturated carbocycles. The fourth-order valence-corrected chi connectivity index (χ4v) is 3.51. The van der Waals surface area contributed by atoms with Crippen LogP contribution in [0, 0.1) is 0 Å². The molecule has 0 bridgehead atoms. The Bertz CT molecular complexity index is 837. The quantitative estimate of drug-likeness (QED) is 0.872. The van der Waals surface area contributed by atoms with Crippen LogP contribution in [-0.4, -0.2) is 45.5 Å². The fraction of sp³-hybridized carbons (Fsp3) is 0.647. The number of aliphatic hydroxyl groups is 1. The van der Waals surface area contributed by atoms with E-state index >= 15 is 0 Å². The van der Waals surface area contributed by atoms with Crippen LogP contribution in [0.5, 0.6) is 5.88 Å². The van der Waals surface area contributed by atoms with Crippen LogP contribution < -0.4 is 4.74 Å². The van der Waals surface area contributed by atoms with Gasteiger partial charge in [0.1, 0.15) is 17.5 Å². The second kappa shape index (κ2) is 6.23. The van der Waals surface area contributed by atoms with Crippen LogP contribution in [-0.2, 0) is 16.9 Å². The smallest absolute Gasteiger partial charge is 0.422 e. The molecule has 27 heavy (non-hydrogen) atoms. The lowest BCUT2D eigenvalue weighted by Crippen LogP contribution is -2.40. The van der Waals surface area contributed by atoms with Crippen molar-refractivity contribution in [2.24, 2.45) is 0 Å². The summed E-state index contributed by atoms with van der Waals surface area (Å²) in [4.78, 5) is 0. The number of hydrogen-bond donors (Lipinski definition) is 1. The number of halogens is 3. The van der Waals surface area contributed by atoms with Crippen molar-refractivity contribution < 1.29 is 32.3 Å². The van der Waals surface area contributed by atoms with Crippen molar-refractivity contribution >= 4 is 0 Å². The summed E-state index contributed by atoms with van der Waals surface area (Å²) >= 11 is 0. The Hall–Kier alpha value is -2.07. The second-order valence-corrected chi connectivity index (χ2v) is 7.22. The normalized spacial score (nSPS) is 22.8. The maximum absolute atomic E-state index is 13.3. The molecule has 0 amide bonds. The van der Waals surface area contributed by atoms with E-state index in [9.17, 15) is 18.3 Å². The molecule has 2 aliphatic rings. The van der Waals surface area contributed by atoms with E-state index in [4.69, 9.17) is 14.0 Å². The Morgan fingerprint density at radius 3 is 2.67 bits per heavy atom. The molecule has 1 saturated heterocycles. The molecule has 4 heterocycles. The molecule has 1 N–H and O–H groups in total. The van der Waals surface area contributed by atoms with Crippen LogP contribution >= 0.6 is 0 Å². The van der Waals surface area contributed by atoms with Crippen molar-refractivity contribution in [2.45, 2.75) is 57.0 Å². The molecule has 2 aliphatic heterocycles. The largest absolute Gasteiger partial charge is 0.473 e. The first-order chi connectivity index (χ1) is 12.7. The Morgan fingerprint density at radius 1 is 1.30 bits per heavy atom. The van der Waals surface area contributed by atoms with Gasteiger partial charge in [-0.25, -0.2) is 0 Å². The first-order valence-corrected chi connectivity index (χ1v) is 8.80. The molecule has 10 heteroatoms. The highest BCUT2D eigenvalue weighted by Crippen LogP contribution is 2.46. The van der Waals surface area contributed by atoms with Gasteiger partial charge in [-0.1, -0.05) is 12.1 Å². The Morgan fingerprint density at radius 2 is 2.00 bits per heavy atom. The standard InChI is InChI=1S/C17H20F3N3O4/c1-9-8-23-11(7-12(21-23)26-10-3-5-25-6-4-10)14-13(9)15(22-27-14)16(2,24)17(18,19)20/h7,9-10,24H,3-6,8H2,1-2H3/t9-,16+/m0/s1. The molecule has 148 valence electrons. The summed E-state index contributed by atoms with van der Waals surface area (Å²) in [6, 6.07) is 1.64. The average molecular weight is 387 g/mol. The number of hydrogen-bond acceptors (Lipinski definition) is 6. The summed E-state index contributed by atoms with van der Waals surface area (Å²) in [5.41, 5.74) is -2.86. The third kappa shape index (κ3) is 3.00. The van der Waals surface area contributed by atoms with Crippen molar-refractivity contribution in [3.8, 4) is 17.3 Å². The highest BCUT2D eigenvalue weighted by atomic mass is 19.4. The predicted molar refractivity (Wildman–Crippen MR) is 86.2 cm³/mol. The molecule has 0 spiro atoms. The monoisotopic (exact) mass is 387 g/mol. The van der Waals surface area contributed by atoms with Crippen molar-refractivity contribution in [1.29, 1.82) is 0 Å². The Labute approximate surface area is 153 Å². The van der Waals surface area contributed by atoms with Gasteiger partial charge in [-0.05, 0) is 6.92 Å². The van der Waals surface area contributed by atoms with Crippen molar-refractivity contribution in [1.82, 2.24) is 14.9 Å². The van der Waals surface area contributed by atoms with Crippen LogP contribution in [0.25, 0.3) is 11.5 Å². The molecule has 0 aliphatic carbocycles. The molecule has 2 aromatic rings. The fourth-order valence-electron chi connectivity index (χ4n) is 3.51. The molecule has 0 radical (unpaired) electrons. The van der Waals surface area contributed by atoms with Gasteiger partial charge in [-0.15, -0.1) is 5.10 Å². The van der Waals surface area contributed by atoms with Gasteiger partial charge in [0.05, 0.1) is 13.2 Å². The number of ether oxygens (including phenoxy) is 2. The highest BCUT2D eigenvalue weighted by molar-refractivity contribution is 5.63. The van der Waals surface area contributed by atoms with Crippen LogP contribution in [0.1, 0.15) is 43.9 Å². The van der Waals surface area contributed by atoms with Crippen LogP contribution in [0.2, 0.25) is 0 Å². The average Bonchev–Trinajstić information content (AvgIpc) is 3.19. The van der Waals surface area contributed by atoms with Gasteiger partial charge < -0.3 is 19.1 Å². The van der Waals surface area contributed by atoms with Crippen molar-refractivity contribution in [3.05, 3.63) is 17.3 Å². The predicted octanol–water partition coefficient (Wildman–Crippen LogP) is 2.98. The van der Waals surface area contributed by atoms with Gasteiger partial charge >= 0.3 is 6.18 Å². The molecular formula is C17H20F3N3O4. The van der Waals surface area contributed by atoms with E-state index in [-0.39, 0.29) is 23.3 Å². The molecule has 0 aromatic carbocycles. The zero-order valence-electron chi connectivity index (χ0n) is 14.9. The lowest BCUT2D eigenvalue weighted by atomic mass is 9.88. The van der Waals surface area contributed by atoms with Gasteiger partial charge in [0.25, 0.3) is 0 Å². The summed E-state index contributed by atoms with van der Waals surface area (Å²) in [6.45, 7) is 4.01. The van der Waals surface area contributed by atoms with Crippen LogP contribution in [0.3, 0.4) is 0 Å². The first kappa shape index (κ1) is 18.3.